The Hall–Kier alpha value is -1.08. The SMILES string of the molecule is O=C(CCCNC12CC3CC(CC(C3)C1)C2)OC(CS(=O)(=O)O)(C(F)(F)F)C(F)(F)F. The first kappa shape index (κ1) is 24.6. The monoisotopic (exact) mass is 481 g/mol. The third-order valence-corrected chi connectivity index (χ3v) is 7.46. The number of nitrogens with one attached hydrogen (secondary N) is 1. The molecule has 0 amide bonds. The second-order valence-electron chi connectivity index (χ2n) is 9.25. The van der Waals surface area contributed by atoms with Gasteiger partial charge in [-0.2, -0.15) is 34.8 Å². The molecule has 180 valence electrons. The third kappa shape index (κ3) is 5.29. The van der Waals surface area contributed by atoms with Crippen LogP contribution in [0.3, 0.4) is 0 Å². The molecular formula is C18H25F6NO5S. The Balaban J connectivity index is 1.59. The van der Waals surface area contributed by atoms with Crippen LogP contribution in [0.2, 0.25) is 0 Å². The van der Waals surface area contributed by atoms with Crippen LogP contribution in [0.4, 0.5) is 26.3 Å². The molecule has 31 heavy (non-hydrogen) atoms. The zero-order valence-corrected chi connectivity index (χ0v) is 17.4. The molecule has 4 rings (SSSR count). The Morgan fingerprint density at radius 2 is 1.42 bits per heavy atom. The van der Waals surface area contributed by atoms with Crippen molar-refractivity contribution in [3.05, 3.63) is 0 Å². The van der Waals surface area contributed by atoms with Gasteiger partial charge in [-0.1, -0.05) is 0 Å². The minimum Gasteiger partial charge on any atom is -0.438 e. The Morgan fingerprint density at radius 3 is 1.81 bits per heavy atom. The van der Waals surface area contributed by atoms with Gasteiger partial charge >= 0.3 is 23.9 Å². The Morgan fingerprint density at radius 1 is 0.968 bits per heavy atom. The highest BCUT2D eigenvalue weighted by Crippen LogP contribution is 2.55. The minimum atomic E-state index is -6.30. The number of ether oxygens (including phenoxy) is 1. The van der Waals surface area contributed by atoms with Crippen LogP contribution in [-0.4, -0.2) is 54.7 Å². The predicted octanol–water partition coefficient (Wildman–Crippen LogP) is 3.62. The summed E-state index contributed by atoms with van der Waals surface area (Å²) in [5.41, 5.74) is -5.43. The Labute approximate surface area is 175 Å². The average molecular weight is 481 g/mol. The molecule has 13 heteroatoms. The second-order valence-corrected chi connectivity index (χ2v) is 10.7. The lowest BCUT2D eigenvalue weighted by molar-refractivity contribution is -0.361. The molecule has 0 saturated heterocycles. The molecule has 0 aromatic heterocycles. The van der Waals surface area contributed by atoms with Crippen LogP contribution in [0.1, 0.15) is 51.4 Å². The van der Waals surface area contributed by atoms with Crippen LogP contribution in [-0.2, 0) is 19.6 Å². The molecule has 0 unspecified atom stereocenters. The van der Waals surface area contributed by atoms with E-state index in [1.807, 2.05) is 0 Å². The number of hydrogen-bond acceptors (Lipinski definition) is 5. The maximum Gasteiger partial charge on any atom is 0.438 e. The Kier molecular flexibility index (Phi) is 6.38. The number of carbonyl (C=O) groups excluding carboxylic acids is 1. The lowest BCUT2D eigenvalue weighted by Crippen LogP contribution is -2.63. The van der Waals surface area contributed by atoms with Crippen LogP contribution < -0.4 is 5.32 Å². The molecule has 0 aliphatic heterocycles. The van der Waals surface area contributed by atoms with Crippen molar-refractivity contribution in [3.8, 4) is 0 Å². The number of esters is 1. The van der Waals surface area contributed by atoms with Gasteiger partial charge in [0.2, 0.25) is 0 Å². The van der Waals surface area contributed by atoms with Gasteiger partial charge in [0.1, 0.15) is 5.75 Å². The second kappa shape index (κ2) is 8.05. The van der Waals surface area contributed by atoms with E-state index in [1.165, 1.54) is 19.3 Å². The van der Waals surface area contributed by atoms with Crippen LogP contribution in [0.15, 0.2) is 0 Å². The van der Waals surface area contributed by atoms with Crippen molar-refractivity contribution in [1.82, 2.24) is 5.32 Å². The van der Waals surface area contributed by atoms with Gasteiger partial charge in [-0.05, 0) is 69.2 Å². The van der Waals surface area contributed by atoms with E-state index >= 15 is 0 Å². The van der Waals surface area contributed by atoms with Gasteiger partial charge in [-0.3, -0.25) is 9.35 Å². The maximum atomic E-state index is 13.2. The predicted molar refractivity (Wildman–Crippen MR) is 95.5 cm³/mol. The number of rotatable bonds is 8. The molecule has 4 saturated carbocycles. The fourth-order valence-corrected chi connectivity index (χ4v) is 6.79. The lowest BCUT2D eigenvalue weighted by Gasteiger charge is -2.57. The first-order valence-corrected chi connectivity index (χ1v) is 11.7. The van der Waals surface area contributed by atoms with Crippen LogP contribution >= 0.6 is 0 Å². The molecule has 4 aliphatic carbocycles. The van der Waals surface area contributed by atoms with Crippen molar-refractivity contribution >= 4 is 16.1 Å². The maximum absolute atomic E-state index is 13.2. The molecule has 0 radical (unpaired) electrons. The summed E-state index contributed by atoms with van der Waals surface area (Å²) in [6.45, 7) is 0.213. The number of halogens is 6. The summed E-state index contributed by atoms with van der Waals surface area (Å²) in [6.07, 6.45) is -6.93. The molecule has 6 nitrogen and oxygen atoms in total. The van der Waals surface area contributed by atoms with Crippen LogP contribution in [0, 0.1) is 17.8 Å². The summed E-state index contributed by atoms with van der Waals surface area (Å²) in [5.74, 6) is -2.81. The summed E-state index contributed by atoms with van der Waals surface area (Å²) in [4.78, 5) is 11.8. The highest BCUT2D eigenvalue weighted by Gasteiger charge is 2.75. The third-order valence-electron chi connectivity index (χ3n) is 6.69. The zero-order valence-electron chi connectivity index (χ0n) is 16.6. The quantitative estimate of drug-likeness (QED) is 0.238. The highest BCUT2D eigenvalue weighted by molar-refractivity contribution is 7.85. The van der Waals surface area contributed by atoms with E-state index in [0.29, 0.717) is 17.8 Å². The fourth-order valence-electron chi connectivity index (χ4n) is 5.89. The van der Waals surface area contributed by atoms with Gasteiger partial charge in [0, 0.05) is 12.0 Å². The van der Waals surface area contributed by atoms with Gasteiger partial charge < -0.3 is 10.1 Å². The van der Waals surface area contributed by atoms with E-state index in [0.717, 1.165) is 19.3 Å². The van der Waals surface area contributed by atoms with Gasteiger partial charge in [0.25, 0.3) is 10.1 Å². The number of alkyl halides is 6. The largest absolute Gasteiger partial charge is 0.438 e. The molecule has 4 bridgehead atoms. The van der Waals surface area contributed by atoms with E-state index in [1.54, 1.807) is 0 Å². The molecule has 4 aliphatic rings. The summed E-state index contributed by atoms with van der Waals surface area (Å²) in [5, 5.41) is 3.36. The molecule has 0 aromatic carbocycles. The smallest absolute Gasteiger partial charge is 0.438 e. The van der Waals surface area contributed by atoms with Crippen molar-refractivity contribution < 1.29 is 48.8 Å². The van der Waals surface area contributed by atoms with Crippen LogP contribution in [0.25, 0.3) is 0 Å². The Bertz CT molecular complexity index is 745. The van der Waals surface area contributed by atoms with E-state index in [2.05, 4.69) is 10.1 Å². The first-order valence-electron chi connectivity index (χ1n) is 10.1. The number of carbonyl (C=O) groups is 1. The van der Waals surface area contributed by atoms with Gasteiger partial charge in [-0.15, -0.1) is 0 Å². The van der Waals surface area contributed by atoms with Gasteiger partial charge in [0.15, 0.2) is 0 Å². The van der Waals surface area contributed by atoms with Gasteiger partial charge in [-0.25, -0.2) is 0 Å². The molecule has 0 atom stereocenters. The molecule has 0 aromatic rings. The van der Waals surface area contributed by atoms with Crippen molar-refractivity contribution in [2.24, 2.45) is 17.8 Å². The van der Waals surface area contributed by atoms with Gasteiger partial charge in [0.05, 0.1) is 0 Å². The fraction of sp³-hybridized carbons (Fsp3) is 0.944. The summed E-state index contributed by atoms with van der Waals surface area (Å²) in [7, 11) is -5.77. The lowest BCUT2D eigenvalue weighted by atomic mass is 9.53. The van der Waals surface area contributed by atoms with E-state index < -0.39 is 46.2 Å². The first-order chi connectivity index (χ1) is 14.0. The molecule has 4 fully saturated rings. The van der Waals surface area contributed by atoms with E-state index in [-0.39, 0.29) is 18.5 Å². The number of hydrogen-bond donors (Lipinski definition) is 2. The molecule has 0 heterocycles. The summed E-state index contributed by atoms with van der Waals surface area (Å²) >= 11 is 0. The van der Waals surface area contributed by atoms with E-state index in [9.17, 15) is 39.6 Å². The highest BCUT2D eigenvalue weighted by atomic mass is 32.2. The normalized spacial score (nSPS) is 31.1. The van der Waals surface area contributed by atoms with Crippen molar-refractivity contribution in [1.29, 1.82) is 0 Å². The molecule has 2 N–H and O–H groups in total. The summed E-state index contributed by atoms with van der Waals surface area (Å²) in [6, 6.07) is 0. The van der Waals surface area contributed by atoms with Crippen molar-refractivity contribution in [3.63, 3.8) is 0 Å². The summed E-state index contributed by atoms with van der Waals surface area (Å²) < 4.78 is 113. The molecular weight excluding hydrogens is 456 g/mol. The molecule has 0 spiro atoms. The van der Waals surface area contributed by atoms with Crippen LogP contribution in [0.5, 0.6) is 0 Å². The van der Waals surface area contributed by atoms with Crippen molar-refractivity contribution in [2.75, 3.05) is 12.3 Å². The average Bonchev–Trinajstić information content (AvgIpc) is 2.53. The van der Waals surface area contributed by atoms with Crippen molar-refractivity contribution in [2.45, 2.75) is 74.9 Å². The zero-order chi connectivity index (χ0) is 23.3. The topological polar surface area (TPSA) is 92.7 Å². The van der Waals surface area contributed by atoms with E-state index in [4.69, 9.17) is 4.55 Å². The minimum absolute atomic E-state index is 0.0712. The standard InChI is InChI=1S/C18H25F6NO5S/c19-17(20,21)16(18(22,23)24,10-31(27,28)29)30-14(26)2-1-3-25-15-7-11-4-12(8-15)6-13(5-11)9-15/h11-13,25H,1-10H2,(H,27,28,29).